The topological polar surface area (TPSA) is 228 Å². The molecule has 1 unspecified atom stereocenters. The van der Waals surface area contributed by atoms with Crippen LogP contribution in [0.15, 0.2) is 89.8 Å². The lowest BCUT2D eigenvalue weighted by molar-refractivity contribution is -0.136. The minimum atomic E-state index is -3.81. The number of hydrogen-bond acceptors (Lipinski definition) is 14. The molecule has 4 aliphatic heterocycles. The highest BCUT2D eigenvalue weighted by Crippen LogP contribution is 2.49. The van der Waals surface area contributed by atoms with Gasteiger partial charge in [0, 0.05) is 30.3 Å². The van der Waals surface area contributed by atoms with Crippen molar-refractivity contribution in [3.63, 3.8) is 0 Å². The normalized spacial score (nSPS) is 20.1. The lowest BCUT2D eigenvalue weighted by Crippen LogP contribution is -2.54. The summed E-state index contributed by atoms with van der Waals surface area (Å²) in [6, 6.07) is 23.4. The molecule has 0 radical (unpaired) electrons. The van der Waals surface area contributed by atoms with E-state index in [0.717, 1.165) is 32.8 Å². The van der Waals surface area contributed by atoms with Gasteiger partial charge < -0.3 is 39.4 Å². The van der Waals surface area contributed by atoms with Gasteiger partial charge in [0.2, 0.25) is 27.7 Å². The molecule has 0 aliphatic carbocycles. The lowest BCUT2D eigenvalue weighted by atomic mass is 9.82. The van der Waals surface area contributed by atoms with Gasteiger partial charge in [-0.05, 0) is 90.9 Å². The number of anilines is 2. The van der Waals surface area contributed by atoms with Crippen molar-refractivity contribution < 1.29 is 61.2 Å². The van der Waals surface area contributed by atoms with Crippen LogP contribution in [0, 0.1) is 12.8 Å². The van der Waals surface area contributed by atoms with Gasteiger partial charge in [-0.1, -0.05) is 48.0 Å². The predicted octanol–water partition coefficient (Wildman–Crippen LogP) is 3.87. The minimum Gasteiger partial charge on any atom is -0.394 e. The summed E-state index contributed by atoms with van der Waals surface area (Å²) in [7, 11) is -3.81. The smallest absolute Gasteiger partial charge is 0.262 e. The molecule has 4 aromatic carbocycles. The molecule has 4 aliphatic rings. The number of aliphatic hydroxyl groups is 1. The van der Waals surface area contributed by atoms with E-state index in [2.05, 4.69) is 16.0 Å². The van der Waals surface area contributed by atoms with Crippen LogP contribution in [0.2, 0.25) is 0 Å². The van der Waals surface area contributed by atoms with Gasteiger partial charge in [-0.2, -0.15) is 4.31 Å². The Balaban J connectivity index is 0.687. The Morgan fingerprint density at radius 3 is 2.13 bits per heavy atom. The summed E-state index contributed by atoms with van der Waals surface area (Å²) in [4.78, 5) is 64.2. The quantitative estimate of drug-likeness (QED) is 0.0612. The number of fused-ring (bicyclic) bond motifs is 4. The van der Waals surface area contributed by atoms with Crippen molar-refractivity contribution in [2.75, 3.05) is 89.9 Å². The average molecular weight is 968 g/mol. The molecule has 0 saturated carbocycles. The third-order valence-corrected chi connectivity index (χ3v) is 14.6. The minimum absolute atomic E-state index is 0.0554. The van der Waals surface area contributed by atoms with Crippen molar-refractivity contribution in [2.45, 2.75) is 55.6 Å². The van der Waals surface area contributed by atoms with Crippen LogP contribution in [0.3, 0.4) is 0 Å². The molecule has 4 N–H and O–H groups in total. The van der Waals surface area contributed by atoms with Gasteiger partial charge >= 0.3 is 0 Å². The molecule has 0 aromatic heterocycles. The average Bonchev–Trinajstić information content (AvgIpc) is 3.91. The lowest BCUT2D eigenvalue weighted by Gasteiger charge is -2.39. The first-order chi connectivity index (χ1) is 33.4. The number of benzene rings is 4. The molecule has 4 atom stereocenters. The molecule has 0 spiro atoms. The van der Waals surface area contributed by atoms with Crippen molar-refractivity contribution in [1.29, 1.82) is 0 Å². The Morgan fingerprint density at radius 2 is 1.43 bits per heavy atom. The van der Waals surface area contributed by atoms with Gasteiger partial charge in [0.25, 0.3) is 11.8 Å². The summed E-state index contributed by atoms with van der Waals surface area (Å²) in [5.74, 6) is -2.61. The number of rotatable bonds is 23. The van der Waals surface area contributed by atoms with Crippen molar-refractivity contribution >= 4 is 50.9 Å². The number of carbonyl (C=O) groups excluding carboxylic acids is 5. The van der Waals surface area contributed by atoms with Crippen LogP contribution in [0.25, 0.3) is 11.1 Å². The number of sulfonamides is 1. The fraction of sp³-hybridized carbons (Fsp3) is 0.420. The molecule has 366 valence electrons. The standard InChI is InChI=1S/C50H57N5O13S/c1-32-8-11-37(12-9-32)69(62,63)54-18-16-38-42(30-56)52-41-13-10-35(29-40(41)47(38)54)34-5-2-6-36(28-34)51-45(58)31-68-27-26-67-25-24-66-23-22-65-21-20-64-19-17-33-4-3-7-39-46(33)50(61)55(49(39)60)43-14-15-44(57)53-48(43)59/h2-13,28-29,38,42-43,47,52,56H,14-27,30-31H2,1H3,(H,51,58)(H,53,57,59)/t38-,42+,43?,47-/m1/s1. The fourth-order valence-corrected chi connectivity index (χ4v) is 11.0. The first-order valence-electron chi connectivity index (χ1n) is 23.2. The zero-order valence-electron chi connectivity index (χ0n) is 38.4. The number of piperidine rings is 1. The van der Waals surface area contributed by atoms with Crippen LogP contribution in [-0.4, -0.2) is 144 Å². The number of nitrogens with zero attached hydrogens (tertiary/aromatic N) is 2. The van der Waals surface area contributed by atoms with Crippen molar-refractivity contribution in [3.8, 4) is 11.1 Å². The molecule has 18 nitrogen and oxygen atoms in total. The second-order valence-electron chi connectivity index (χ2n) is 17.2. The van der Waals surface area contributed by atoms with Gasteiger partial charge in [-0.3, -0.25) is 34.2 Å². The number of imide groups is 2. The van der Waals surface area contributed by atoms with Gasteiger partial charge in [-0.25, -0.2) is 8.42 Å². The van der Waals surface area contributed by atoms with Crippen LogP contribution in [-0.2, 0) is 54.5 Å². The molecular formula is C50H57N5O13S. The van der Waals surface area contributed by atoms with Crippen molar-refractivity contribution in [3.05, 3.63) is 113 Å². The highest BCUT2D eigenvalue weighted by Gasteiger charge is 2.49. The predicted molar refractivity (Wildman–Crippen MR) is 252 cm³/mol. The Kier molecular flexibility index (Phi) is 16.3. The monoisotopic (exact) mass is 967 g/mol. The SMILES string of the molecule is Cc1ccc(S(=O)(=O)N2CC[C@@H]3[C@H](CO)Nc4ccc(-c5cccc(NC(=O)COCCOCCOCCOCCOCCc6cccc7c6C(=O)N(C6CCC(=O)NC6=O)C7=O)c5)cc4[C@@H]32)cc1. The zero-order chi connectivity index (χ0) is 48.5. The van der Waals surface area contributed by atoms with E-state index in [1.54, 1.807) is 52.8 Å². The maximum Gasteiger partial charge on any atom is 0.262 e. The Bertz CT molecular complexity index is 2650. The summed E-state index contributed by atoms with van der Waals surface area (Å²) in [6.45, 7) is 4.74. The Hall–Kier alpha value is -5.90. The van der Waals surface area contributed by atoms with E-state index in [4.69, 9.17) is 23.7 Å². The largest absolute Gasteiger partial charge is 0.394 e. The second-order valence-corrected chi connectivity index (χ2v) is 19.1. The number of aryl methyl sites for hydroxylation is 1. The molecule has 0 bridgehead atoms. The maximum absolute atomic E-state index is 14.0. The molecule has 8 rings (SSSR count). The van der Waals surface area contributed by atoms with Crippen LogP contribution in [0.5, 0.6) is 0 Å². The van der Waals surface area contributed by atoms with Crippen LogP contribution >= 0.6 is 0 Å². The van der Waals surface area contributed by atoms with Gasteiger partial charge in [0.1, 0.15) is 12.6 Å². The molecule has 2 saturated heterocycles. The maximum atomic E-state index is 14.0. The van der Waals surface area contributed by atoms with Crippen LogP contribution in [0.1, 0.15) is 62.7 Å². The Morgan fingerprint density at radius 1 is 0.768 bits per heavy atom. The Labute approximate surface area is 400 Å². The van der Waals surface area contributed by atoms with Crippen LogP contribution < -0.4 is 16.0 Å². The van der Waals surface area contributed by atoms with E-state index in [9.17, 15) is 37.5 Å². The van der Waals surface area contributed by atoms with Crippen molar-refractivity contribution in [1.82, 2.24) is 14.5 Å². The summed E-state index contributed by atoms with van der Waals surface area (Å²) in [5.41, 5.74) is 6.00. The molecule has 69 heavy (non-hydrogen) atoms. The zero-order valence-corrected chi connectivity index (χ0v) is 39.2. The highest BCUT2D eigenvalue weighted by molar-refractivity contribution is 7.89. The van der Waals surface area contributed by atoms with E-state index < -0.39 is 45.7 Å². The summed E-state index contributed by atoms with van der Waals surface area (Å²) >= 11 is 0. The third-order valence-electron chi connectivity index (χ3n) is 12.7. The second kappa shape index (κ2) is 22.7. The van der Waals surface area contributed by atoms with Crippen molar-refractivity contribution in [2.24, 2.45) is 5.92 Å². The van der Waals surface area contributed by atoms with E-state index in [1.807, 2.05) is 43.3 Å². The van der Waals surface area contributed by atoms with E-state index in [1.165, 1.54) is 0 Å². The van der Waals surface area contributed by atoms with E-state index >= 15 is 0 Å². The number of nitrogens with one attached hydrogen (secondary N) is 3. The molecule has 19 heteroatoms. The van der Waals surface area contributed by atoms with E-state index in [0.29, 0.717) is 70.3 Å². The van der Waals surface area contributed by atoms with E-state index in [-0.39, 0.29) is 79.8 Å². The molecule has 4 aromatic rings. The number of hydrogen-bond donors (Lipinski definition) is 4. The first kappa shape index (κ1) is 49.5. The molecule has 5 amide bonds. The summed E-state index contributed by atoms with van der Waals surface area (Å²) in [5, 5.41) is 18.8. The summed E-state index contributed by atoms with van der Waals surface area (Å²) in [6.07, 6.45) is 1.14. The van der Waals surface area contributed by atoms with Gasteiger partial charge in [-0.15, -0.1) is 0 Å². The molecule has 2 fully saturated rings. The molecule has 4 heterocycles. The van der Waals surface area contributed by atoms with Gasteiger partial charge in [0.05, 0.1) is 94.2 Å². The number of carbonyl (C=O) groups is 5. The molecular weight excluding hydrogens is 911 g/mol. The number of ether oxygens (including phenoxy) is 5. The van der Waals surface area contributed by atoms with Crippen LogP contribution in [0.4, 0.5) is 11.4 Å². The first-order valence-corrected chi connectivity index (χ1v) is 24.6. The number of amides is 5. The fourth-order valence-electron chi connectivity index (χ4n) is 9.31. The third kappa shape index (κ3) is 11.4. The summed E-state index contributed by atoms with van der Waals surface area (Å²) < 4.78 is 57.4. The number of aliphatic hydroxyl groups excluding tert-OH is 1. The highest BCUT2D eigenvalue weighted by atomic mass is 32.2. The van der Waals surface area contributed by atoms with Gasteiger partial charge in [0.15, 0.2) is 0 Å².